The second-order valence-corrected chi connectivity index (χ2v) is 9.44. The van der Waals surface area contributed by atoms with E-state index in [2.05, 4.69) is 10.0 Å². The van der Waals surface area contributed by atoms with Gasteiger partial charge in [0.05, 0.1) is 15.9 Å². The van der Waals surface area contributed by atoms with Crippen LogP contribution in [-0.4, -0.2) is 30.5 Å². The summed E-state index contributed by atoms with van der Waals surface area (Å²) in [5.74, 6) is -0.842. The van der Waals surface area contributed by atoms with E-state index in [4.69, 9.17) is 28.9 Å². The SMILES string of the molecule is CCCC[C@H](NS(=O)(=O)c1ccc(Cl)cc1)C(=S)Nc1ccc(CCC(=O)O)cc1. The first-order chi connectivity index (χ1) is 14.2. The molecule has 0 spiro atoms. The Hall–Kier alpha value is -2.00. The maximum atomic E-state index is 12.8. The van der Waals surface area contributed by atoms with Gasteiger partial charge in [-0.2, -0.15) is 0 Å². The lowest BCUT2D eigenvalue weighted by atomic mass is 10.1. The fourth-order valence-electron chi connectivity index (χ4n) is 2.76. The summed E-state index contributed by atoms with van der Waals surface area (Å²) in [6.07, 6.45) is 2.78. The topological polar surface area (TPSA) is 95.5 Å². The van der Waals surface area contributed by atoms with Crippen LogP contribution in [0, 0.1) is 0 Å². The number of rotatable bonds is 11. The number of carbonyl (C=O) groups is 1. The van der Waals surface area contributed by atoms with Crippen LogP contribution in [0.4, 0.5) is 5.69 Å². The van der Waals surface area contributed by atoms with Crippen molar-refractivity contribution in [2.45, 2.75) is 50.0 Å². The van der Waals surface area contributed by atoms with Crippen LogP contribution in [0.25, 0.3) is 0 Å². The fraction of sp³-hybridized carbons (Fsp3) is 0.333. The summed E-state index contributed by atoms with van der Waals surface area (Å²) in [5, 5.41) is 12.3. The zero-order valence-electron chi connectivity index (χ0n) is 16.6. The smallest absolute Gasteiger partial charge is 0.303 e. The minimum atomic E-state index is -3.76. The van der Waals surface area contributed by atoms with Crippen LogP contribution < -0.4 is 10.0 Å². The second-order valence-electron chi connectivity index (χ2n) is 6.85. The van der Waals surface area contributed by atoms with Gasteiger partial charge in [-0.1, -0.05) is 55.7 Å². The number of thiocarbonyl (C=S) groups is 1. The van der Waals surface area contributed by atoms with E-state index in [1.807, 2.05) is 19.1 Å². The number of aryl methyl sites for hydroxylation is 1. The molecule has 0 aliphatic rings. The van der Waals surface area contributed by atoms with Crippen molar-refractivity contribution in [1.29, 1.82) is 0 Å². The molecule has 0 amide bonds. The summed E-state index contributed by atoms with van der Waals surface area (Å²) in [4.78, 5) is 11.2. The van der Waals surface area contributed by atoms with Gasteiger partial charge in [0, 0.05) is 17.1 Å². The predicted octanol–water partition coefficient (Wildman–Crippen LogP) is 4.63. The summed E-state index contributed by atoms with van der Waals surface area (Å²) >= 11 is 11.3. The van der Waals surface area contributed by atoms with Gasteiger partial charge in [0.2, 0.25) is 10.0 Å². The van der Waals surface area contributed by atoms with Crippen LogP contribution in [0.1, 0.15) is 38.2 Å². The number of sulfonamides is 1. The maximum Gasteiger partial charge on any atom is 0.303 e. The number of anilines is 1. The first-order valence-electron chi connectivity index (χ1n) is 9.60. The van der Waals surface area contributed by atoms with Crippen molar-refractivity contribution in [2.75, 3.05) is 5.32 Å². The van der Waals surface area contributed by atoms with Gasteiger partial charge in [-0.05, 0) is 54.8 Å². The maximum absolute atomic E-state index is 12.8. The van der Waals surface area contributed by atoms with Gasteiger partial charge < -0.3 is 10.4 Å². The van der Waals surface area contributed by atoms with Crippen molar-refractivity contribution < 1.29 is 18.3 Å². The molecular formula is C21H25ClN2O4S2. The molecular weight excluding hydrogens is 444 g/mol. The van der Waals surface area contributed by atoms with Crippen molar-refractivity contribution in [2.24, 2.45) is 0 Å². The number of aliphatic carboxylic acids is 1. The Balaban J connectivity index is 2.09. The van der Waals surface area contributed by atoms with E-state index in [0.29, 0.717) is 28.5 Å². The predicted molar refractivity (Wildman–Crippen MR) is 124 cm³/mol. The number of halogens is 1. The number of unbranched alkanes of at least 4 members (excludes halogenated alkanes) is 1. The van der Waals surface area contributed by atoms with E-state index < -0.39 is 22.0 Å². The van der Waals surface area contributed by atoms with Crippen LogP contribution in [0.15, 0.2) is 53.4 Å². The molecule has 0 unspecified atom stereocenters. The van der Waals surface area contributed by atoms with Gasteiger partial charge >= 0.3 is 5.97 Å². The Kier molecular flexibility index (Phi) is 9.23. The Bertz CT molecular complexity index is 962. The Morgan fingerprint density at radius 2 is 1.77 bits per heavy atom. The summed E-state index contributed by atoms with van der Waals surface area (Å²) in [6, 6.07) is 12.6. The molecule has 2 aromatic carbocycles. The molecule has 0 aromatic heterocycles. The Morgan fingerprint density at radius 3 is 2.33 bits per heavy atom. The van der Waals surface area contributed by atoms with Gasteiger partial charge in [0.1, 0.15) is 0 Å². The second kappa shape index (κ2) is 11.4. The largest absolute Gasteiger partial charge is 0.481 e. The molecule has 30 heavy (non-hydrogen) atoms. The van der Waals surface area contributed by atoms with E-state index >= 15 is 0 Å². The van der Waals surface area contributed by atoms with Gasteiger partial charge in [0.15, 0.2) is 0 Å². The molecule has 2 aromatic rings. The van der Waals surface area contributed by atoms with Crippen LogP contribution >= 0.6 is 23.8 Å². The summed E-state index contributed by atoms with van der Waals surface area (Å²) in [5.41, 5.74) is 1.62. The Labute approximate surface area is 187 Å². The van der Waals surface area contributed by atoms with Crippen molar-refractivity contribution in [3.05, 3.63) is 59.1 Å². The minimum Gasteiger partial charge on any atom is -0.481 e. The van der Waals surface area contributed by atoms with Crippen molar-refractivity contribution in [1.82, 2.24) is 4.72 Å². The van der Waals surface area contributed by atoms with Crippen LogP contribution in [0.2, 0.25) is 5.02 Å². The quantitative estimate of drug-likeness (QED) is 0.416. The molecule has 0 aliphatic heterocycles. The molecule has 2 rings (SSSR count). The normalized spacial score (nSPS) is 12.3. The third-order valence-corrected chi connectivity index (χ3v) is 6.56. The number of benzene rings is 2. The first-order valence-corrected chi connectivity index (χ1v) is 11.9. The molecule has 9 heteroatoms. The average Bonchev–Trinajstić information content (AvgIpc) is 2.70. The third kappa shape index (κ3) is 7.68. The molecule has 0 fully saturated rings. The molecule has 3 N–H and O–H groups in total. The first kappa shape index (κ1) is 24.3. The molecule has 0 bridgehead atoms. The lowest BCUT2D eigenvalue weighted by molar-refractivity contribution is -0.136. The molecule has 0 saturated carbocycles. The summed E-state index contributed by atoms with van der Waals surface area (Å²) < 4.78 is 28.2. The number of hydrogen-bond acceptors (Lipinski definition) is 4. The van der Waals surface area contributed by atoms with Crippen LogP contribution in [0.3, 0.4) is 0 Å². The highest BCUT2D eigenvalue weighted by molar-refractivity contribution is 7.89. The van der Waals surface area contributed by atoms with E-state index in [1.165, 1.54) is 24.3 Å². The number of nitrogens with one attached hydrogen (secondary N) is 2. The zero-order chi connectivity index (χ0) is 22.1. The highest BCUT2D eigenvalue weighted by atomic mass is 35.5. The van der Waals surface area contributed by atoms with E-state index in [9.17, 15) is 13.2 Å². The molecule has 0 radical (unpaired) electrons. The molecule has 6 nitrogen and oxygen atoms in total. The van der Waals surface area contributed by atoms with E-state index in [0.717, 1.165) is 18.4 Å². The summed E-state index contributed by atoms with van der Waals surface area (Å²) in [6.45, 7) is 2.02. The third-order valence-electron chi connectivity index (χ3n) is 4.43. The number of carboxylic acid groups (broad SMARTS) is 1. The standard InChI is InChI=1S/C21H25ClN2O4S2/c1-2-3-4-19(24-30(27,28)18-12-8-16(22)9-13-18)21(29)23-17-10-5-15(6-11-17)7-14-20(25)26/h5-6,8-13,19,24H,2-4,7,14H2,1H3,(H,23,29)(H,25,26)/t19-/m0/s1. The molecule has 1 atom stereocenters. The van der Waals surface area contributed by atoms with Crippen LogP contribution in [0.5, 0.6) is 0 Å². The lowest BCUT2D eigenvalue weighted by Crippen LogP contribution is -2.42. The lowest BCUT2D eigenvalue weighted by Gasteiger charge is -2.21. The monoisotopic (exact) mass is 468 g/mol. The average molecular weight is 469 g/mol. The molecule has 0 heterocycles. The zero-order valence-corrected chi connectivity index (χ0v) is 19.0. The van der Waals surface area contributed by atoms with Crippen molar-refractivity contribution in [3.63, 3.8) is 0 Å². The van der Waals surface area contributed by atoms with Crippen LogP contribution in [-0.2, 0) is 21.2 Å². The van der Waals surface area contributed by atoms with Gasteiger partial charge in [-0.25, -0.2) is 13.1 Å². The van der Waals surface area contributed by atoms with Gasteiger partial charge in [0.25, 0.3) is 0 Å². The number of hydrogen-bond donors (Lipinski definition) is 3. The van der Waals surface area contributed by atoms with Gasteiger partial charge in [-0.3, -0.25) is 4.79 Å². The highest BCUT2D eigenvalue weighted by Gasteiger charge is 2.23. The van der Waals surface area contributed by atoms with E-state index in [-0.39, 0.29) is 11.3 Å². The minimum absolute atomic E-state index is 0.0662. The molecule has 0 aliphatic carbocycles. The summed E-state index contributed by atoms with van der Waals surface area (Å²) in [7, 11) is -3.76. The van der Waals surface area contributed by atoms with Gasteiger partial charge in [-0.15, -0.1) is 0 Å². The fourth-order valence-corrected chi connectivity index (χ4v) is 4.49. The highest BCUT2D eigenvalue weighted by Crippen LogP contribution is 2.17. The van der Waals surface area contributed by atoms with Crippen molar-refractivity contribution >= 4 is 50.5 Å². The molecule has 0 saturated heterocycles. The molecule has 162 valence electrons. The van der Waals surface area contributed by atoms with Crippen molar-refractivity contribution in [3.8, 4) is 0 Å². The Morgan fingerprint density at radius 1 is 1.13 bits per heavy atom. The number of carboxylic acids is 1. The van der Waals surface area contributed by atoms with E-state index in [1.54, 1.807) is 12.1 Å².